The van der Waals surface area contributed by atoms with E-state index in [-0.39, 0.29) is 5.82 Å². The summed E-state index contributed by atoms with van der Waals surface area (Å²) < 4.78 is 0.798. The molecule has 0 unspecified atom stereocenters. The summed E-state index contributed by atoms with van der Waals surface area (Å²) in [4.78, 5) is 7.76. The SMILES string of the molecule is N#Cc1ncc(Br)c(CCN)n1. The number of nitrogens with two attached hydrogens (primary N) is 1. The Balaban J connectivity index is 3.01. The molecule has 0 saturated carbocycles. The maximum Gasteiger partial charge on any atom is 0.232 e. The normalized spacial score (nSPS) is 9.42. The summed E-state index contributed by atoms with van der Waals surface area (Å²) in [6.07, 6.45) is 2.22. The third-order valence-corrected chi connectivity index (χ3v) is 1.96. The predicted octanol–water partition coefficient (Wildman–Crippen LogP) is 0.612. The van der Waals surface area contributed by atoms with Gasteiger partial charge in [0.25, 0.3) is 0 Å². The minimum absolute atomic E-state index is 0.182. The van der Waals surface area contributed by atoms with E-state index in [1.807, 2.05) is 6.07 Å². The molecule has 0 aliphatic carbocycles. The van der Waals surface area contributed by atoms with Gasteiger partial charge in [-0.3, -0.25) is 0 Å². The lowest BCUT2D eigenvalue weighted by Gasteiger charge is -1.99. The molecule has 0 amide bonds. The van der Waals surface area contributed by atoms with E-state index < -0.39 is 0 Å². The van der Waals surface area contributed by atoms with Crippen LogP contribution in [0.5, 0.6) is 0 Å². The van der Waals surface area contributed by atoms with Gasteiger partial charge in [-0.15, -0.1) is 0 Å². The van der Waals surface area contributed by atoms with Crippen LogP contribution in [0.2, 0.25) is 0 Å². The van der Waals surface area contributed by atoms with E-state index >= 15 is 0 Å². The molecule has 0 spiro atoms. The van der Waals surface area contributed by atoms with Crippen LogP contribution in [0.15, 0.2) is 10.7 Å². The zero-order chi connectivity index (χ0) is 8.97. The van der Waals surface area contributed by atoms with Gasteiger partial charge in [-0.2, -0.15) is 5.26 Å². The lowest BCUT2D eigenvalue weighted by molar-refractivity contribution is 0.892. The second-order valence-electron chi connectivity index (χ2n) is 2.14. The molecule has 0 saturated heterocycles. The Labute approximate surface area is 78.6 Å². The summed E-state index contributed by atoms with van der Waals surface area (Å²) >= 11 is 3.27. The van der Waals surface area contributed by atoms with Crippen molar-refractivity contribution in [3.05, 3.63) is 22.2 Å². The maximum atomic E-state index is 8.50. The molecule has 0 fully saturated rings. The predicted molar refractivity (Wildman–Crippen MR) is 47.2 cm³/mol. The number of nitrogens with zero attached hydrogens (tertiary/aromatic N) is 3. The van der Waals surface area contributed by atoms with Gasteiger partial charge in [0.1, 0.15) is 6.07 Å². The fourth-order valence-corrected chi connectivity index (χ4v) is 1.16. The second kappa shape index (κ2) is 4.14. The van der Waals surface area contributed by atoms with Crippen molar-refractivity contribution in [2.24, 2.45) is 5.73 Å². The van der Waals surface area contributed by atoms with Crippen molar-refractivity contribution in [2.45, 2.75) is 6.42 Å². The number of halogens is 1. The fourth-order valence-electron chi connectivity index (χ4n) is 0.768. The minimum Gasteiger partial charge on any atom is -0.330 e. The number of hydrogen-bond acceptors (Lipinski definition) is 4. The Morgan fingerprint density at radius 2 is 2.42 bits per heavy atom. The first-order chi connectivity index (χ1) is 5.77. The van der Waals surface area contributed by atoms with Crippen molar-refractivity contribution >= 4 is 15.9 Å². The van der Waals surface area contributed by atoms with Gasteiger partial charge in [0.15, 0.2) is 0 Å². The van der Waals surface area contributed by atoms with E-state index in [0.717, 1.165) is 10.2 Å². The van der Waals surface area contributed by atoms with Crippen LogP contribution < -0.4 is 5.73 Å². The summed E-state index contributed by atoms with van der Waals surface area (Å²) in [5.41, 5.74) is 6.14. The molecule has 62 valence electrons. The molecule has 2 N–H and O–H groups in total. The van der Waals surface area contributed by atoms with Crippen LogP contribution in [-0.2, 0) is 6.42 Å². The molecule has 1 heterocycles. The first kappa shape index (κ1) is 9.10. The Morgan fingerprint density at radius 1 is 1.67 bits per heavy atom. The van der Waals surface area contributed by atoms with E-state index in [0.29, 0.717) is 13.0 Å². The molecule has 1 aromatic heterocycles. The summed E-state index contributed by atoms with van der Waals surface area (Å²) in [7, 11) is 0. The lowest BCUT2D eigenvalue weighted by atomic mass is 10.3. The molecular formula is C7H7BrN4. The Kier molecular flexibility index (Phi) is 3.14. The van der Waals surface area contributed by atoms with Crippen molar-refractivity contribution in [2.75, 3.05) is 6.54 Å². The van der Waals surface area contributed by atoms with Gasteiger partial charge >= 0.3 is 0 Å². The van der Waals surface area contributed by atoms with Gasteiger partial charge in [0.05, 0.1) is 10.2 Å². The van der Waals surface area contributed by atoms with Crippen molar-refractivity contribution in [3.8, 4) is 6.07 Å². The highest BCUT2D eigenvalue weighted by atomic mass is 79.9. The van der Waals surface area contributed by atoms with E-state index in [1.165, 1.54) is 0 Å². The van der Waals surface area contributed by atoms with Crippen LogP contribution in [0, 0.1) is 11.3 Å². The number of nitriles is 1. The Bertz CT molecular complexity index is 318. The van der Waals surface area contributed by atoms with Crippen molar-refractivity contribution in [3.63, 3.8) is 0 Å². The first-order valence-corrected chi connectivity index (χ1v) is 4.19. The smallest absolute Gasteiger partial charge is 0.232 e. The average Bonchev–Trinajstić information content (AvgIpc) is 2.09. The van der Waals surface area contributed by atoms with Gasteiger partial charge < -0.3 is 5.73 Å². The standard InChI is InChI=1S/C7H7BrN4/c8-5-4-11-7(3-10)12-6(5)1-2-9/h4H,1-2,9H2. The lowest BCUT2D eigenvalue weighted by Crippen LogP contribution is -2.06. The number of aromatic nitrogens is 2. The van der Waals surface area contributed by atoms with E-state index in [2.05, 4.69) is 25.9 Å². The summed E-state index contributed by atoms with van der Waals surface area (Å²) in [6.45, 7) is 0.514. The molecule has 4 nitrogen and oxygen atoms in total. The molecule has 0 aliphatic rings. The van der Waals surface area contributed by atoms with Gasteiger partial charge in [-0.1, -0.05) is 0 Å². The highest BCUT2D eigenvalue weighted by molar-refractivity contribution is 9.10. The van der Waals surface area contributed by atoms with E-state index in [9.17, 15) is 0 Å². The monoisotopic (exact) mass is 226 g/mol. The summed E-state index contributed by atoms with van der Waals surface area (Å²) in [5, 5.41) is 8.50. The quantitative estimate of drug-likeness (QED) is 0.803. The average molecular weight is 227 g/mol. The highest BCUT2D eigenvalue weighted by Gasteiger charge is 2.02. The molecule has 0 aliphatic heterocycles. The largest absolute Gasteiger partial charge is 0.330 e. The van der Waals surface area contributed by atoms with Crippen molar-refractivity contribution in [1.29, 1.82) is 5.26 Å². The Morgan fingerprint density at radius 3 is 3.00 bits per heavy atom. The Hall–Kier alpha value is -0.990. The van der Waals surface area contributed by atoms with Crippen LogP contribution >= 0.6 is 15.9 Å². The van der Waals surface area contributed by atoms with Gasteiger partial charge in [-0.05, 0) is 22.5 Å². The second-order valence-corrected chi connectivity index (χ2v) is 2.99. The van der Waals surface area contributed by atoms with Crippen molar-refractivity contribution in [1.82, 2.24) is 9.97 Å². The molecule has 5 heteroatoms. The van der Waals surface area contributed by atoms with Gasteiger partial charge in [-0.25, -0.2) is 9.97 Å². The molecule has 1 rings (SSSR count). The molecule has 0 atom stereocenters. The van der Waals surface area contributed by atoms with Crippen LogP contribution in [-0.4, -0.2) is 16.5 Å². The molecule has 0 aromatic carbocycles. The number of rotatable bonds is 2. The summed E-state index contributed by atoms with van der Waals surface area (Å²) in [5.74, 6) is 0.182. The zero-order valence-corrected chi connectivity index (χ0v) is 7.87. The molecular weight excluding hydrogens is 220 g/mol. The molecule has 0 radical (unpaired) electrons. The van der Waals surface area contributed by atoms with Gasteiger partial charge in [0.2, 0.25) is 5.82 Å². The number of hydrogen-bond donors (Lipinski definition) is 1. The first-order valence-electron chi connectivity index (χ1n) is 3.39. The summed E-state index contributed by atoms with van der Waals surface area (Å²) in [6, 6.07) is 1.87. The molecule has 0 bridgehead atoms. The molecule has 12 heavy (non-hydrogen) atoms. The third-order valence-electron chi connectivity index (χ3n) is 1.30. The maximum absolute atomic E-state index is 8.50. The third kappa shape index (κ3) is 2.00. The van der Waals surface area contributed by atoms with Crippen LogP contribution in [0.1, 0.15) is 11.5 Å². The van der Waals surface area contributed by atoms with Crippen LogP contribution in [0.25, 0.3) is 0 Å². The molecule has 1 aromatic rings. The van der Waals surface area contributed by atoms with Crippen molar-refractivity contribution < 1.29 is 0 Å². The van der Waals surface area contributed by atoms with E-state index in [4.69, 9.17) is 11.0 Å². The van der Waals surface area contributed by atoms with Crippen LogP contribution in [0.3, 0.4) is 0 Å². The highest BCUT2D eigenvalue weighted by Crippen LogP contribution is 2.12. The fraction of sp³-hybridized carbons (Fsp3) is 0.286. The topological polar surface area (TPSA) is 75.6 Å². The van der Waals surface area contributed by atoms with Gasteiger partial charge in [0, 0.05) is 12.6 Å². The zero-order valence-electron chi connectivity index (χ0n) is 6.29. The van der Waals surface area contributed by atoms with Crippen LogP contribution in [0.4, 0.5) is 0 Å². The van der Waals surface area contributed by atoms with E-state index in [1.54, 1.807) is 6.20 Å². The minimum atomic E-state index is 0.182.